The van der Waals surface area contributed by atoms with Crippen molar-refractivity contribution in [1.82, 2.24) is 5.32 Å². The fourth-order valence-electron chi connectivity index (χ4n) is 3.59. The van der Waals surface area contributed by atoms with Crippen LogP contribution in [-0.2, 0) is 0 Å². The Bertz CT molecular complexity index is 554. The van der Waals surface area contributed by atoms with Gasteiger partial charge in [0.25, 0.3) is 5.91 Å². The lowest BCUT2D eigenvalue weighted by atomic mass is 9.89. The molecule has 20 heavy (non-hydrogen) atoms. The summed E-state index contributed by atoms with van der Waals surface area (Å²) in [6.45, 7) is 0.666. The maximum Gasteiger partial charge on any atom is 0.261 e. The van der Waals surface area contributed by atoms with Gasteiger partial charge in [0.2, 0.25) is 0 Å². The summed E-state index contributed by atoms with van der Waals surface area (Å²) < 4.78 is 0. The standard InChI is InChI=1S/C16H19NO2S/c18-7-1-2-14-5-6-15(20-14)16(19)17-10-13-9-11-3-4-12(13)8-11/h5-6,11-13,18H,3-4,7-10H2,(H,17,19). The van der Waals surface area contributed by atoms with Gasteiger partial charge in [-0.25, -0.2) is 0 Å². The molecule has 2 bridgehead atoms. The Kier molecular flexibility index (Phi) is 4.09. The van der Waals surface area contributed by atoms with Gasteiger partial charge < -0.3 is 10.4 Å². The monoisotopic (exact) mass is 289 g/mol. The first-order valence-electron chi connectivity index (χ1n) is 7.24. The summed E-state index contributed by atoms with van der Waals surface area (Å²) in [5.41, 5.74) is 0. The van der Waals surface area contributed by atoms with Crippen LogP contribution in [0.5, 0.6) is 0 Å². The van der Waals surface area contributed by atoms with Crippen LogP contribution in [0.25, 0.3) is 0 Å². The van der Waals surface area contributed by atoms with Gasteiger partial charge in [-0.1, -0.05) is 18.3 Å². The van der Waals surface area contributed by atoms with Gasteiger partial charge in [0.05, 0.1) is 9.75 Å². The van der Waals surface area contributed by atoms with Crippen molar-refractivity contribution in [3.63, 3.8) is 0 Å². The number of hydrogen-bond acceptors (Lipinski definition) is 3. The van der Waals surface area contributed by atoms with Gasteiger partial charge in [0.15, 0.2) is 0 Å². The third-order valence-electron chi connectivity index (χ3n) is 4.53. The molecule has 2 N–H and O–H groups in total. The van der Waals surface area contributed by atoms with Crippen LogP contribution in [0.4, 0.5) is 0 Å². The molecule has 2 saturated carbocycles. The molecule has 0 spiro atoms. The first-order valence-corrected chi connectivity index (χ1v) is 8.05. The van der Waals surface area contributed by atoms with E-state index in [0.717, 1.165) is 23.3 Å². The van der Waals surface area contributed by atoms with E-state index in [1.807, 2.05) is 12.1 Å². The molecule has 3 atom stereocenters. The quantitative estimate of drug-likeness (QED) is 0.839. The fraction of sp³-hybridized carbons (Fsp3) is 0.562. The number of aliphatic hydroxyl groups is 1. The molecule has 3 rings (SSSR count). The number of carbonyl (C=O) groups excluding carboxylic acids is 1. The second-order valence-corrected chi connectivity index (χ2v) is 6.85. The van der Waals surface area contributed by atoms with Crippen molar-refractivity contribution in [2.24, 2.45) is 17.8 Å². The van der Waals surface area contributed by atoms with Crippen molar-refractivity contribution in [2.75, 3.05) is 13.2 Å². The maximum absolute atomic E-state index is 12.1. The summed E-state index contributed by atoms with van der Waals surface area (Å²) in [5.74, 6) is 7.88. The zero-order valence-corrected chi connectivity index (χ0v) is 12.2. The van der Waals surface area contributed by atoms with E-state index in [2.05, 4.69) is 17.2 Å². The van der Waals surface area contributed by atoms with E-state index in [-0.39, 0.29) is 12.5 Å². The molecule has 0 aromatic carbocycles. The van der Waals surface area contributed by atoms with Crippen molar-refractivity contribution in [1.29, 1.82) is 0 Å². The third-order valence-corrected chi connectivity index (χ3v) is 5.53. The molecule has 2 aliphatic carbocycles. The van der Waals surface area contributed by atoms with Crippen molar-refractivity contribution in [3.8, 4) is 11.8 Å². The van der Waals surface area contributed by atoms with Crippen LogP contribution in [0.1, 0.15) is 40.2 Å². The summed E-state index contributed by atoms with van der Waals surface area (Å²) in [7, 11) is 0. The SMILES string of the molecule is O=C(NCC1CC2CCC1C2)c1ccc(C#CCO)s1. The highest BCUT2D eigenvalue weighted by Gasteiger charge is 2.39. The molecule has 0 radical (unpaired) electrons. The third kappa shape index (κ3) is 2.89. The summed E-state index contributed by atoms with van der Waals surface area (Å²) in [6, 6.07) is 3.64. The van der Waals surface area contributed by atoms with Crippen LogP contribution >= 0.6 is 11.3 Å². The first-order chi connectivity index (χ1) is 9.76. The minimum absolute atomic E-state index is 0.00909. The minimum atomic E-state index is -0.149. The number of fused-ring (bicyclic) bond motifs is 2. The predicted octanol–water partition coefficient (Wildman–Crippen LogP) is 2.26. The summed E-state index contributed by atoms with van der Waals surface area (Å²) >= 11 is 1.38. The highest BCUT2D eigenvalue weighted by molar-refractivity contribution is 7.14. The highest BCUT2D eigenvalue weighted by atomic mass is 32.1. The minimum Gasteiger partial charge on any atom is -0.384 e. The van der Waals surface area contributed by atoms with Gasteiger partial charge in [0, 0.05) is 6.54 Å². The van der Waals surface area contributed by atoms with E-state index < -0.39 is 0 Å². The maximum atomic E-state index is 12.1. The Morgan fingerprint density at radius 1 is 1.40 bits per heavy atom. The molecule has 2 fully saturated rings. The van der Waals surface area contributed by atoms with Crippen LogP contribution < -0.4 is 5.32 Å². The molecule has 0 saturated heterocycles. The number of nitrogens with one attached hydrogen (secondary N) is 1. The average Bonchev–Trinajstić information content (AvgIpc) is 3.18. The summed E-state index contributed by atoms with van der Waals surface area (Å²) in [6.07, 6.45) is 5.42. The fourth-order valence-corrected chi connectivity index (χ4v) is 4.39. The molecule has 0 aliphatic heterocycles. The first kappa shape index (κ1) is 13.7. The lowest BCUT2D eigenvalue weighted by Crippen LogP contribution is -2.31. The number of hydrogen-bond donors (Lipinski definition) is 2. The van der Waals surface area contributed by atoms with Crippen LogP contribution in [0.3, 0.4) is 0 Å². The molecule has 3 unspecified atom stereocenters. The Balaban J connectivity index is 1.53. The van der Waals surface area contributed by atoms with Gasteiger partial charge in [-0.15, -0.1) is 11.3 Å². The second-order valence-electron chi connectivity index (χ2n) is 5.77. The van der Waals surface area contributed by atoms with Crippen LogP contribution in [0, 0.1) is 29.6 Å². The van der Waals surface area contributed by atoms with E-state index >= 15 is 0 Å². The average molecular weight is 289 g/mol. The molecule has 1 amide bonds. The number of rotatable bonds is 3. The van der Waals surface area contributed by atoms with E-state index in [9.17, 15) is 4.79 Å². The van der Waals surface area contributed by atoms with Gasteiger partial charge in [-0.2, -0.15) is 0 Å². The lowest BCUT2D eigenvalue weighted by Gasteiger charge is -2.21. The topological polar surface area (TPSA) is 49.3 Å². The predicted molar refractivity (Wildman–Crippen MR) is 79.6 cm³/mol. The molecule has 2 aliphatic rings. The molecule has 106 valence electrons. The molecular weight excluding hydrogens is 270 g/mol. The summed E-state index contributed by atoms with van der Waals surface area (Å²) in [4.78, 5) is 13.6. The lowest BCUT2D eigenvalue weighted by molar-refractivity contribution is 0.0946. The van der Waals surface area contributed by atoms with Crippen molar-refractivity contribution in [2.45, 2.75) is 25.7 Å². The normalized spacial score (nSPS) is 27.1. The van der Waals surface area contributed by atoms with E-state index in [4.69, 9.17) is 5.11 Å². The van der Waals surface area contributed by atoms with Crippen molar-refractivity contribution >= 4 is 17.2 Å². The number of thiophene rings is 1. The van der Waals surface area contributed by atoms with E-state index in [1.165, 1.54) is 37.0 Å². The zero-order chi connectivity index (χ0) is 13.9. The Morgan fingerprint density at radius 2 is 2.30 bits per heavy atom. The van der Waals surface area contributed by atoms with E-state index in [1.54, 1.807) is 0 Å². The number of amides is 1. The molecular formula is C16H19NO2S. The van der Waals surface area contributed by atoms with Crippen LogP contribution in [-0.4, -0.2) is 24.2 Å². The Morgan fingerprint density at radius 3 is 3.00 bits per heavy atom. The summed E-state index contributed by atoms with van der Waals surface area (Å²) in [5, 5.41) is 11.7. The van der Waals surface area contributed by atoms with Crippen molar-refractivity contribution < 1.29 is 9.90 Å². The molecule has 1 aromatic rings. The molecule has 3 nitrogen and oxygen atoms in total. The van der Waals surface area contributed by atoms with Gasteiger partial charge in [-0.05, 0) is 49.1 Å². The van der Waals surface area contributed by atoms with Crippen LogP contribution in [0.2, 0.25) is 0 Å². The van der Waals surface area contributed by atoms with Crippen molar-refractivity contribution in [3.05, 3.63) is 21.9 Å². The highest BCUT2D eigenvalue weighted by Crippen LogP contribution is 2.47. The van der Waals surface area contributed by atoms with Gasteiger partial charge in [0.1, 0.15) is 6.61 Å². The molecule has 1 aromatic heterocycles. The van der Waals surface area contributed by atoms with Gasteiger partial charge >= 0.3 is 0 Å². The van der Waals surface area contributed by atoms with Crippen LogP contribution in [0.15, 0.2) is 12.1 Å². The molecule has 1 heterocycles. The second kappa shape index (κ2) is 5.99. The number of carbonyl (C=O) groups is 1. The Hall–Kier alpha value is -1.31. The smallest absolute Gasteiger partial charge is 0.261 e. The van der Waals surface area contributed by atoms with E-state index in [0.29, 0.717) is 10.8 Å². The zero-order valence-electron chi connectivity index (χ0n) is 11.4. The number of aliphatic hydroxyl groups excluding tert-OH is 1. The Labute approximate surface area is 123 Å². The van der Waals surface area contributed by atoms with Gasteiger partial charge in [-0.3, -0.25) is 4.79 Å². The molecule has 4 heteroatoms. The largest absolute Gasteiger partial charge is 0.384 e.